The summed E-state index contributed by atoms with van der Waals surface area (Å²) in [5.74, 6) is -0.227. The lowest BCUT2D eigenvalue weighted by Gasteiger charge is -2.28. The standard InChI is InChI=1S/C12H16FNO2/c13-10-3-1-9(2-4-10)7-11(14)12-8-15-5-6-16-12/h1-4,11-12H,5-8,14H2. The van der Waals surface area contributed by atoms with Crippen LogP contribution in [0.15, 0.2) is 24.3 Å². The zero-order valence-electron chi connectivity index (χ0n) is 9.06. The highest BCUT2D eigenvalue weighted by Gasteiger charge is 2.21. The first-order chi connectivity index (χ1) is 7.75. The smallest absolute Gasteiger partial charge is 0.123 e. The summed E-state index contributed by atoms with van der Waals surface area (Å²) in [6, 6.07) is 6.28. The fraction of sp³-hybridized carbons (Fsp3) is 0.500. The average molecular weight is 225 g/mol. The molecule has 0 saturated carbocycles. The summed E-state index contributed by atoms with van der Waals surface area (Å²) in [4.78, 5) is 0. The molecule has 16 heavy (non-hydrogen) atoms. The number of hydrogen-bond acceptors (Lipinski definition) is 3. The minimum atomic E-state index is -0.227. The van der Waals surface area contributed by atoms with E-state index in [4.69, 9.17) is 15.2 Å². The van der Waals surface area contributed by atoms with Gasteiger partial charge in [0.25, 0.3) is 0 Å². The minimum absolute atomic E-state index is 0.0567. The molecule has 88 valence electrons. The molecule has 1 aromatic carbocycles. The third-order valence-corrected chi connectivity index (χ3v) is 2.70. The Morgan fingerprint density at radius 3 is 2.69 bits per heavy atom. The van der Waals surface area contributed by atoms with Crippen molar-refractivity contribution < 1.29 is 13.9 Å². The van der Waals surface area contributed by atoms with Crippen LogP contribution in [-0.2, 0) is 15.9 Å². The highest BCUT2D eigenvalue weighted by molar-refractivity contribution is 5.17. The fourth-order valence-electron chi connectivity index (χ4n) is 1.78. The first-order valence-corrected chi connectivity index (χ1v) is 5.45. The molecule has 0 bridgehead atoms. The van der Waals surface area contributed by atoms with E-state index in [0.717, 1.165) is 5.56 Å². The Hall–Kier alpha value is -0.970. The molecule has 2 rings (SSSR count). The van der Waals surface area contributed by atoms with E-state index in [-0.39, 0.29) is 18.0 Å². The first kappa shape index (κ1) is 11.5. The Balaban J connectivity index is 1.90. The van der Waals surface area contributed by atoms with Crippen LogP contribution in [0.1, 0.15) is 5.56 Å². The SMILES string of the molecule is NC(Cc1ccc(F)cc1)C1COCCO1. The van der Waals surface area contributed by atoms with Gasteiger partial charge in [-0.25, -0.2) is 4.39 Å². The van der Waals surface area contributed by atoms with Gasteiger partial charge in [0.05, 0.1) is 25.9 Å². The van der Waals surface area contributed by atoms with Gasteiger partial charge in [-0.2, -0.15) is 0 Å². The van der Waals surface area contributed by atoms with E-state index in [1.54, 1.807) is 12.1 Å². The van der Waals surface area contributed by atoms with Gasteiger partial charge in [-0.3, -0.25) is 0 Å². The molecule has 1 aliphatic rings. The quantitative estimate of drug-likeness (QED) is 0.838. The molecular weight excluding hydrogens is 209 g/mol. The van der Waals surface area contributed by atoms with Crippen LogP contribution in [0.25, 0.3) is 0 Å². The highest BCUT2D eigenvalue weighted by atomic mass is 19.1. The Kier molecular flexibility index (Phi) is 3.88. The van der Waals surface area contributed by atoms with Crippen molar-refractivity contribution in [1.82, 2.24) is 0 Å². The van der Waals surface area contributed by atoms with Gasteiger partial charge in [-0.05, 0) is 24.1 Å². The Morgan fingerprint density at radius 1 is 1.31 bits per heavy atom. The zero-order valence-corrected chi connectivity index (χ0v) is 9.06. The Bertz CT molecular complexity index is 322. The predicted octanol–water partition coefficient (Wildman–Crippen LogP) is 1.11. The predicted molar refractivity (Wildman–Crippen MR) is 58.6 cm³/mol. The second-order valence-electron chi connectivity index (χ2n) is 3.98. The number of nitrogens with two attached hydrogens (primary N) is 1. The van der Waals surface area contributed by atoms with Crippen LogP contribution in [0.5, 0.6) is 0 Å². The summed E-state index contributed by atoms with van der Waals surface area (Å²) >= 11 is 0. The topological polar surface area (TPSA) is 44.5 Å². The largest absolute Gasteiger partial charge is 0.376 e. The molecule has 0 spiro atoms. The van der Waals surface area contributed by atoms with Gasteiger partial charge >= 0.3 is 0 Å². The molecular formula is C12H16FNO2. The number of rotatable bonds is 3. The molecule has 2 unspecified atom stereocenters. The Labute approximate surface area is 94.3 Å². The third-order valence-electron chi connectivity index (χ3n) is 2.70. The normalized spacial score (nSPS) is 23.0. The highest BCUT2D eigenvalue weighted by Crippen LogP contribution is 2.10. The van der Waals surface area contributed by atoms with Crippen molar-refractivity contribution in [2.24, 2.45) is 5.73 Å². The van der Waals surface area contributed by atoms with Gasteiger partial charge in [-0.1, -0.05) is 12.1 Å². The van der Waals surface area contributed by atoms with E-state index in [2.05, 4.69) is 0 Å². The number of hydrogen-bond donors (Lipinski definition) is 1. The van der Waals surface area contributed by atoms with E-state index < -0.39 is 0 Å². The fourth-order valence-corrected chi connectivity index (χ4v) is 1.78. The van der Waals surface area contributed by atoms with Gasteiger partial charge < -0.3 is 15.2 Å². The van der Waals surface area contributed by atoms with E-state index in [1.165, 1.54) is 12.1 Å². The maximum Gasteiger partial charge on any atom is 0.123 e. The minimum Gasteiger partial charge on any atom is -0.376 e. The van der Waals surface area contributed by atoms with Crippen molar-refractivity contribution in [2.75, 3.05) is 19.8 Å². The molecule has 1 aliphatic heterocycles. The lowest BCUT2D eigenvalue weighted by Crippen LogP contribution is -2.44. The average Bonchev–Trinajstić information content (AvgIpc) is 2.33. The van der Waals surface area contributed by atoms with Crippen LogP contribution < -0.4 is 5.73 Å². The summed E-state index contributed by atoms with van der Waals surface area (Å²) in [7, 11) is 0. The summed E-state index contributed by atoms with van der Waals surface area (Å²) in [5.41, 5.74) is 7.04. The summed E-state index contributed by atoms with van der Waals surface area (Å²) in [6.07, 6.45) is 0.618. The zero-order chi connectivity index (χ0) is 11.4. The maximum absolute atomic E-state index is 12.7. The second-order valence-corrected chi connectivity index (χ2v) is 3.98. The molecule has 1 saturated heterocycles. The van der Waals surface area contributed by atoms with E-state index in [0.29, 0.717) is 26.2 Å². The van der Waals surface area contributed by atoms with Crippen LogP contribution in [0.2, 0.25) is 0 Å². The Morgan fingerprint density at radius 2 is 2.06 bits per heavy atom. The van der Waals surface area contributed by atoms with E-state index >= 15 is 0 Å². The molecule has 4 heteroatoms. The van der Waals surface area contributed by atoms with Gasteiger partial charge in [-0.15, -0.1) is 0 Å². The second kappa shape index (κ2) is 5.39. The van der Waals surface area contributed by atoms with Gasteiger partial charge in [0.15, 0.2) is 0 Å². The maximum atomic E-state index is 12.7. The van der Waals surface area contributed by atoms with Crippen LogP contribution in [-0.4, -0.2) is 32.0 Å². The van der Waals surface area contributed by atoms with Crippen molar-refractivity contribution in [2.45, 2.75) is 18.6 Å². The molecule has 0 radical (unpaired) electrons. The molecule has 0 aromatic heterocycles. The monoisotopic (exact) mass is 225 g/mol. The van der Waals surface area contributed by atoms with E-state index in [1.807, 2.05) is 0 Å². The number of halogens is 1. The van der Waals surface area contributed by atoms with Gasteiger partial charge in [0.2, 0.25) is 0 Å². The molecule has 1 fully saturated rings. The van der Waals surface area contributed by atoms with Gasteiger partial charge in [0, 0.05) is 6.04 Å². The van der Waals surface area contributed by atoms with Gasteiger partial charge in [0.1, 0.15) is 5.82 Å². The van der Waals surface area contributed by atoms with E-state index in [9.17, 15) is 4.39 Å². The van der Waals surface area contributed by atoms with Crippen molar-refractivity contribution in [3.63, 3.8) is 0 Å². The number of benzene rings is 1. The molecule has 0 amide bonds. The molecule has 1 aromatic rings. The van der Waals surface area contributed by atoms with Crippen molar-refractivity contribution in [3.8, 4) is 0 Å². The number of ether oxygens (including phenoxy) is 2. The first-order valence-electron chi connectivity index (χ1n) is 5.45. The lowest BCUT2D eigenvalue weighted by atomic mass is 10.0. The van der Waals surface area contributed by atoms with Crippen LogP contribution in [0.4, 0.5) is 4.39 Å². The summed E-state index contributed by atoms with van der Waals surface area (Å²) < 4.78 is 23.5. The van der Waals surface area contributed by atoms with Crippen LogP contribution >= 0.6 is 0 Å². The van der Waals surface area contributed by atoms with Crippen molar-refractivity contribution in [1.29, 1.82) is 0 Å². The third kappa shape index (κ3) is 3.01. The van der Waals surface area contributed by atoms with Crippen molar-refractivity contribution in [3.05, 3.63) is 35.6 Å². The summed E-state index contributed by atoms with van der Waals surface area (Å²) in [5, 5.41) is 0. The molecule has 3 nitrogen and oxygen atoms in total. The molecule has 2 N–H and O–H groups in total. The molecule has 1 heterocycles. The molecule has 2 atom stereocenters. The summed E-state index contributed by atoms with van der Waals surface area (Å²) in [6.45, 7) is 1.78. The lowest BCUT2D eigenvalue weighted by molar-refractivity contribution is -0.0967. The van der Waals surface area contributed by atoms with Crippen LogP contribution in [0.3, 0.4) is 0 Å². The van der Waals surface area contributed by atoms with Crippen molar-refractivity contribution >= 4 is 0 Å². The molecule has 0 aliphatic carbocycles. The van der Waals surface area contributed by atoms with Crippen LogP contribution in [0, 0.1) is 5.82 Å².